The molecular weight excluding hydrogens is 200 g/mol. The maximum absolute atomic E-state index is 4.57. The third kappa shape index (κ3) is 1.56. The smallest absolute Gasteiger partial charge is 0.150 e. The minimum absolute atomic E-state index is 0.870. The molecule has 0 fully saturated rings. The monoisotopic (exact) mass is 214 g/mol. The summed E-state index contributed by atoms with van der Waals surface area (Å²) in [6.45, 7) is 3.68. The highest BCUT2D eigenvalue weighted by Gasteiger charge is 2.24. The predicted octanol–water partition coefficient (Wildman–Crippen LogP) is 1.01. The first-order chi connectivity index (χ1) is 7.95. The lowest BCUT2D eigenvalue weighted by molar-refractivity contribution is 0.170. The number of hydrogen-bond donors (Lipinski definition) is 0. The van der Waals surface area contributed by atoms with Crippen LogP contribution in [0.3, 0.4) is 0 Å². The minimum Gasteiger partial charge on any atom is -0.272 e. The first-order valence-corrected chi connectivity index (χ1v) is 5.59. The van der Waals surface area contributed by atoms with Crippen molar-refractivity contribution in [2.24, 2.45) is 9.98 Å². The SMILES string of the molecule is C1=NCCN1N1CCN=C1c1ccccc1. The van der Waals surface area contributed by atoms with Gasteiger partial charge in [-0.3, -0.25) is 20.0 Å². The maximum atomic E-state index is 4.57. The second-order valence-electron chi connectivity index (χ2n) is 3.88. The van der Waals surface area contributed by atoms with E-state index in [4.69, 9.17) is 0 Å². The van der Waals surface area contributed by atoms with Gasteiger partial charge in [-0.25, -0.2) is 0 Å². The average Bonchev–Trinajstić information content (AvgIpc) is 3.01. The van der Waals surface area contributed by atoms with E-state index in [2.05, 4.69) is 32.1 Å². The summed E-state index contributed by atoms with van der Waals surface area (Å²) >= 11 is 0. The van der Waals surface area contributed by atoms with E-state index >= 15 is 0 Å². The highest BCUT2D eigenvalue weighted by atomic mass is 15.7. The molecule has 0 aliphatic carbocycles. The Morgan fingerprint density at radius 1 is 1.00 bits per heavy atom. The largest absolute Gasteiger partial charge is 0.272 e. The van der Waals surface area contributed by atoms with Crippen LogP contribution in [0, 0.1) is 0 Å². The van der Waals surface area contributed by atoms with Crippen molar-refractivity contribution in [2.45, 2.75) is 0 Å². The molecule has 0 saturated carbocycles. The summed E-state index contributed by atoms with van der Waals surface area (Å²) in [5.74, 6) is 1.06. The summed E-state index contributed by atoms with van der Waals surface area (Å²) in [5, 5.41) is 4.37. The Kier molecular flexibility index (Phi) is 2.33. The molecule has 0 saturated heterocycles. The zero-order valence-electron chi connectivity index (χ0n) is 9.08. The number of nitrogens with zero attached hydrogens (tertiary/aromatic N) is 4. The van der Waals surface area contributed by atoms with Crippen LogP contribution in [0.2, 0.25) is 0 Å². The Hall–Kier alpha value is -1.84. The van der Waals surface area contributed by atoms with Crippen molar-refractivity contribution in [3.63, 3.8) is 0 Å². The summed E-state index contributed by atoms with van der Waals surface area (Å²) in [6, 6.07) is 10.3. The number of hydrazine groups is 1. The summed E-state index contributed by atoms with van der Waals surface area (Å²) in [5.41, 5.74) is 1.18. The van der Waals surface area contributed by atoms with Gasteiger partial charge in [0.1, 0.15) is 12.2 Å². The first kappa shape index (κ1) is 9.39. The van der Waals surface area contributed by atoms with Gasteiger partial charge in [-0.15, -0.1) is 0 Å². The molecule has 0 aromatic heterocycles. The zero-order valence-corrected chi connectivity index (χ0v) is 9.08. The van der Waals surface area contributed by atoms with Gasteiger partial charge >= 0.3 is 0 Å². The molecule has 1 aromatic rings. The van der Waals surface area contributed by atoms with Crippen LogP contribution >= 0.6 is 0 Å². The Bertz CT molecular complexity index is 424. The van der Waals surface area contributed by atoms with Gasteiger partial charge < -0.3 is 0 Å². The fourth-order valence-electron chi connectivity index (χ4n) is 2.07. The maximum Gasteiger partial charge on any atom is 0.150 e. The number of hydrogen-bond acceptors (Lipinski definition) is 4. The first-order valence-electron chi connectivity index (χ1n) is 5.59. The number of benzene rings is 1. The molecule has 16 heavy (non-hydrogen) atoms. The van der Waals surface area contributed by atoms with Crippen LogP contribution in [0.5, 0.6) is 0 Å². The van der Waals surface area contributed by atoms with E-state index in [1.54, 1.807) is 0 Å². The number of rotatable bonds is 2. The van der Waals surface area contributed by atoms with Crippen LogP contribution in [-0.4, -0.2) is 48.4 Å². The summed E-state index contributed by atoms with van der Waals surface area (Å²) in [6.07, 6.45) is 1.91. The van der Waals surface area contributed by atoms with Gasteiger partial charge in [0, 0.05) is 5.56 Å². The van der Waals surface area contributed by atoms with Crippen molar-refractivity contribution in [1.82, 2.24) is 10.0 Å². The van der Waals surface area contributed by atoms with Gasteiger partial charge in [0.05, 0.1) is 26.2 Å². The third-order valence-corrected chi connectivity index (χ3v) is 2.83. The lowest BCUT2D eigenvalue weighted by Crippen LogP contribution is -2.43. The van der Waals surface area contributed by atoms with E-state index in [1.807, 2.05) is 24.5 Å². The van der Waals surface area contributed by atoms with Crippen LogP contribution in [0.4, 0.5) is 0 Å². The van der Waals surface area contributed by atoms with Crippen LogP contribution < -0.4 is 0 Å². The molecule has 2 heterocycles. The van der Waals surface area contributed by atoms with Gasteiger partial charge in [0.2, 0.25) is 0 Å². The lowest BCUT2D eigenvalue weighted by Gasteiger charge is -2.29. The molecule has 0 atom stereocenters. The molecule has 4 heteroatoms. The van der Waals surface area contributed by atoms with Crippen LogP contribution in [-0.2, 0) is 0 Å². The van der Waals surface area contributed by atoms with Crippen molar-refractivity contribution >= 4 is 12.2 Å². The molecule has 1 aromatic carbocycles. The van der Waals surface area contributed by atoms with Crippen LogP contribution in [0.1, 0.15) is 5.56 Å². The van der Waals surface area contributed by atoms with Crippen molar-refractivity contribution in [1.29, 1.82) is 0 Å². The Morgan fingerprint density at radius 2 is 1.88 bits per heavy atom. The highest BCUT2D eigenvalue weighted by Crippen LogP contribution is 2.14. The van der Waals surface area contributed by atoms with Gasteiger partial charge in [-0.1, -0.05) is 30.3 Å². The molecule has 3 rings (SSSR count). The van der Waals surface area contributed by atoms with E-state index in [1.165, 1.54) is 5.56 Å². The van der Waals surface area contributed by atoms with E-state index in [0.717, 1.165) is 32.0 Å². The van der Waals surface area contributed by atoms with Gasteiger partial charge in [-0.2, -0.15) is 0 Å². The van der Waals surface area contributed by atoms with Crippen LogP contribution in [0.25, 0.3) is 0 Å². The summed E-state index contributed by atoms with van der Waals surface area (Å²) in [7, 11) is 0. The molecular formula is C12H14N4. The van der Waals surface area contributed by atoms with Gasteiger partial charge in [-0.05, 0) is 0 Å². The zero-order chi connectivity index (χ0) is 10.8. The van der Waals surface area contributed by atoms with Crippen molar-refractivity contribution in [2.75, 3.05) is 26.2 Å². The van der Waals surface area contributed by atoms with E-state index in [0.29, 0.717) is 0 Å². The summed E-state index contributed by atoms with van der Waals surface area (Å²) < 4.78 is 0. The fourth-order valence-corrected chi connectivity index (χ4v) is 2.07. The molecule has 2 aliphatic rings. The van der Waals surface area contributed by atoms with E-state index < -0.39 is 0 Å². The molecule has 0 spiro atoms. The van der Waals surface area contributed by atoms with Crippen molar-refractivity contribution in [3.8, 4) is 0 Å². The Labute approximate surface area is 94.9 Å². The van der Waals surface area contributed by atoms with Crippen molar-refractivity contribution < 1.29 is 0 Å². The fraction of sp³-hybridized carbons (Fsp3) is 0.333. The minimum atomic E-state index is 0.870. The van der Waals surface area contributed by atoms with Crippen molar-refractivity contribution in [3.05, 3.63) is 35.9 Å². The Morgan fingerprint density at radius 3 is 2.62 bits per heavy atom. The van der Waals surface area contributed by atoms with Crippen LogP contribution in [0.15, 0.2) is 40.3 Å². The molecule has 0 radical (unpaired) electrons. The topological polar surface area (TPSA) is 31.2 Å². The van der Waals surface area contributed by atoms with Gasteiger partial charge in [0.25, 0.3) is 0 Å². The standard InChI is InChI=1S/C12H14N4/c1-2-4-11(5-3-1)12-14-7-9-16(12)15-8-6-13-10-15/h1-5,10H,6-9H2. The molecule has 82 valence electrons. The highest BCUT2D eigenvalue weighted by molar-refractivity contribution is 6.00. The molecule has 2 aliphatic heterocycles. The molecule has 0 unspecified atom stereocenters. The molecule has 0 amide bonds. The van der Waals surface area contributed by atoms with E-state index in [-0.39, 0.29) is 0 Å². The third-order valence-electron chi connectivity index (χ3n) is 2.83. The molecule has 0 N–H and O–H groups in total. The lowest BCUT2D eigenvalue weighted by atomic mass is 10.2. The molecule has 4 nitrogen and oxygen atoms in total. The second-order valence-corrected chi connectivity index (χ2v) is 3.88. The van der Waals surface area contributed by atoms with Gasteiger partial charge in [0.15, 0.2) is 0 Å². The Balaban J connectivity index is 1.86. The summed E-state index contributed by atoms with van der Waals surface area (Å²) in [4.78, 5) is 8.81. The normalized spacial score (nSPS) is 19.4. The number of amidine groups is 1. The number of aliphatic imine (C=N–C) groups is 2. The van der Waals surface area contributed by atoms with E-state index in [9.17, 15) is 0 Å². The second kappa shape index (κ2) is 3.96. The predicted molar refractivity (Wildman–Crippen MR) is 64.6 cm³/mol. The molecule has 0 bridgehead atoms. The average molecular weight is 214 g/mol. The quantitative estimate of drug-likeness (QED) is 0.735.